The highest BCUT2D eigenvalue weighted by molar-refractivity contribution is 5.94. The van der Waals surface area contributed by atoms with Crippen molar-refractivity contribution in [3.8, 4) is 0 Å². The van der Waals surface area contributed by atoms with Crippen molar-refractivity contribution in [2.24, 2.45) is 11.8 Å². The number of rotatable bonds is 6. The van der Waals surface area contributed by atoms with Gasteiger partial charge in [-0.15, -0.1) is 0 Å². The zero-order valence-electron chi connectivity index (χ0n) is 13.6. The molecule has 1 aliphatic rings. The molecule has 4 nitrogen and oxygen atoms in total. The van der Waals surface area contributed by atoms with Crippen molar-refractivity contribution in [1.29, 1.82) is 0 Å². The molecular weight excluding hydrogens is 278 g/mol. The minimum atomic E-state index is -0.492. The minimum Gasteiger partial charge on any atom is -0.447 e. The molecule has 1 aromatic rings. The maximum Gasteiger partial charge on any atom is 0.416 e. The third-order valence-corrected chi connectivity index (χ3v) is 4.11. The number of hydrogen-bond acceptors (Lipinski definition) is 3. The fraction of sp³-hybridized carbons (Fsp3) is 0.556. The average molecular weight is 303 g/mol. The smallest absolute Gasteiger partial charge is 0.416 e. The lowest BCUT2D eigenvalue weighted by Gasteiger charge is -2.25. The van der Waals surface area contributed by atoms with Gasteiger partial charge in [-0.1, -0.05) is 51.1 Å². The van der Waals surface area contributed by atoms with E-state index in [0.717, 1.165) is 18.4 Å². The monoisotopic (exact) mass is 303 g/mol. The van der Waals surface area contributed by atoms with Crippen LogP contribution in [0.25, 0.3) is 0 Å². The lowest BCUT2D eigenvalue weighted by molar-refractivity contribution is -0.134. The topological polar surface area (TPSA) is 46.6 Å². The first kappa shape index (κ1) is 16.5. The highest BCUT2D eigenvalue weighted by Crippen LogP contribution is 2.24. The molecule has 0 radical (unpaired) electrons. The molecule has 1 aliphatic heterocycles. The van der Waals surface area contributed by atoms with Gasteiger partial charge < -0.3 is 4.74 Å². The number of amides is 2. The van der Waals surface area contributed by atoms with Gasteiger partial charge in [-0.2, -0.15) is 0 Å². The van der Waals surface area contributed by atoms with Gasteiger partial charge >= 0.3 is 6.09 Å². The van der Waals surface area contributed by atoms with Crippen LogP contribution >= 0.6 is 0 Å². The maximum atomic E-state index is 12.7. The fourth-order valence-corrected chi connectivity index (χ4v) is 2.97. The Balaban J connectivity index is 2.11. The van der Waals surface area contributed by atoms with E-state index in [0.29, 0.717) is 12.3 Å². The molecule has 0 aliphatic carbocycles. The zero-order valence-corrected chi connectivity index (χ0v) is 13.6. The predicted octanol–water partition coefficient (Wildman–Crippen LogP) is 3.65. The van der Waals surface area contributed by atoms with Crippen LogP contribution in [0.2, 0.25) is 0 Å². The summed E-state index contributed by atoms with van der Waals surface area (Å²) >= 11 is 0. The van der Waals surface area contributed by atoms with E-state index in [1.807, 2.05) is 37.3 Å². The van der Waals surface area contributed by atoms with Crippen molar-refractivity contribution in [3.05, 3.63) is 35.9 Å². The molecule has 22 heavy (non-hydrogen) atoms. The molecule has 1 aromatic carbocycles. The van der Waals surface area contributed by atoms with E-state index in [-0.39, 0.29) is 24.5 Å². The van der Waals surface area contributed by atoms with E-state index in [2.05, 4.69) is 13.8 Å². The van der Waals surface area contributed by atoms with Gasteiger partial charge in [0, 0.05) is 5.92 Å². The summed E-state index contributed by atoms with van der Waals surface area (Å²) in [6.45, 7) is 6.48. The van der Waals surface area contributed by atoms with E-state index in [1.165, 1.54) is 4.90 Å². The Kier molecular flexibility index (Phi) is 5.58. The molecular formula is C18H25NO3. The average Bonchev–Trinajstić information content (AvgIpc) is 2.85. The Bertz CT molecular complexity index is 512. The number of cyclic esters (lactones) is 1. The molecule has 0 bridgehead atoms. The normalized spacial score (nSPS) is 19.4. The van der Waals surface area contributed by atoms with Crippen LogP contribution in [0.4, 0.5) is 4.79 Å². The van der Waals surface area contributed by atoms with E-state index in [4.69, 9.17) is 4.74 Å². The number of hydrogen-bond donors (Lipinski definition) is 0. The quantitative estimate of drug-likeness (QED) is 0.806. The predicted molar refractivity (Wildman–Crippen MR) is 85.4 cm³/mol. The Morgan fingerprint density at radius 3 is 2.59 bits per heavy atom. The lowest BCUT2D eigenvalue weighted by Crippen LogP contribution is -2.43. The van der Waals surface area contributed by atoms with Gasteiger partial charge in [0.25, 0.3) is 0 Å². The second kappa shape index (κ2) is 7.43. The molecule has 0 spiro atoms. The van der Waals surface area contributed by atoms with Gasteiger partial charge in [0.05, 0.1) is 6.04 Å². The zero-order chi connectivity index (χ0) is 16.1. The molecule has 0 N–H and O–H groups in total. The van der Waals surface area contributed by atoms with Crippen LogP contribution in [0.3, 0.4) is 0 Å². The first-order valence-corrected chi connectivity index (χ1v) is 8.06. The number of imide groups is 1. The van der Waals surface area contributed by atoms with Gasteiger partial charge in [0.15, 0.2) is 0 Å². The second-order valence-corrected chi connectivity index (χ2v) is 6.36. The summed E-state index contributed by atoms with van der Waals surface area (Å²) in [5.74, 6) is 0.239. The Labute approximate surface area is 132 Å². The molecule has 1 saturated heterocycles. The third-order valence-electron chi connectivity index (χ3n) is 4.11. The minimum absolute atomic E-state index is 0.0837. The number of nitrogens with zero attached hydrogens (tertiary/aromatic N) is 1. The van der Waals surface area contributed by atoms with E-state index in [9.17, 15) is 9.59 Å². The lowest BCUT2D eigenvalue weighted by atomic mass is 9.93. The van der Waals surface area contributed by atoms with E-state index in [1.54, 1.807) is 0 Å². The largest absolute Gasteiger partial charge is 0.447 e. The van der Waals surface area contributed by atoms with Crippen molar-refractivity contribution < 1.29 is 14.3 Å². The first-order chi connectivity index (χ1) is 10.5. The molecule has 1 heterocycles. The molecule has 120 valence electrons. The van der Waals surface area contributed by atoms with Crippen molar-refractivity contribution in [2.45, 2.75) is 46.1 Å². The summed E-state index contributed by atoms with van der Waals surface area (Å²) in [5, 5.41) is 0. The van der Waals surface area contributed by atoms with Gasteiger partial charge in [-0.25, -0.2) is 9.69 Å². The Morgan fingerprint density at radius 2 is 2.00 bits per heavy atom. The Morgan fingerprint density at radius 1 is 1.32 bits per heavy atom. The molecule has 2 amide bonds. The van der Waals surface area contributed by atoms with Crippen molar-refractivity contribution in [2.75, 3.05) is 6.61 Å². The Hall–Kier alpha value is -1.84. The molecule has 1 fully saturated rings. The number of carbonyl (C=O) groups excluding carboxylic acids is 2. The highest BCUT2D eigenvalue weighted by Gasteiger charge is 2.40. The van der Waals surface area contributed by atoms with Crippen LogP contribution in [0.15, 0.2) is 30.3 Å². The maximum absolute atomic E-state index is 12.7. The van der Waals surface area contributed by atoms with Crippen LogP contribution in [-0.4, -0.2) is 29.5 Å². The summed E-state index contributed by atoms with van der Waals surface area (Å²) in [6.07, 6.45) is 1.71. The van der Waals surface area contributed by atoms with Gasteiger partial charge in [0.1, 0.15) is 6.61 Å². The molecule has 0 saturated carbocycles. The van der Waals surface area contributed by atoms with Crippen LogP contribution in [0, 0.1) is 11.8 Å². The first-order valence-electron chi connectivity index (χ1n) is 8.06. The molecule has 4 heteroatoms. The van der Waals surface area contributed by atoms with Gasteiger partial charge in [-0.3, -0.25) is 4.79 Å². The summed E-state index contributed by atoms with van der Waals surface area (Å²) in [5.41, 5.74) is 1.11. The van der Waals surface area contributed by atoms with Crippen LogP contribution in [0.5, 0.6) is 0 Å². The summed E-state index contributed by atoms with van der Waals surface area (Å²) in [4.78, 5) is 26.1. The van der Waals surface area contributed by atoms with Gasteiger partial charge in [0.2, 0.25) is 5.91 Å². The fourth-order valence-electron chi connectivity index (χ4n) is 2.97. The van der Waals surface area contributed by atoms with Gasteiger partial charge in [-0.05, 0) is 30.7 Å². The van der Waals surface area contributed by atoms with E-state index >= 15 is 0 Å². The van der Waals surface area contributed by atoms with E-state index < -0.39 is 6.09 Å². The second-order valence-electron chi connectivity index (χ2n) is 6.36. The van der Waals surface area contributed by atoms with Crippen molar-refractivity contribution >= 4 is 12.0 Å². The molecule has 1 unspecified atom stereocenters. The highest BCUT2D eigenvalue weighted by atomic mass is 16.6. The van der Waals surface area contributed by atoms with Crippen LogP contribution in [-0.2, 0) is 16.0 Å². The summed E-state index contributed by atoms with van der Waals surface area (Å²) < 4.78 is 5.14. The number of benzene rings is 1. The SMILES string of the molecule is CC[C@@H](CC(C)C)C(=O)N1C(=O)OCC1Cc1ccccc1. The summed E-state index contributed by atoms with van der Waals surface area (Å²) in [7, 11) is 0. The molecule has 2 rings (SSSR count). The summed E-state index contributed by atoms with van der Waals surface area (Å²) in [6, 6.07) is 9.72. The molecule has 0 aromatic heterocycles. The third kappa shape index (κ3) is 3.87. The van der Waals surface area contributed by atoms with Crippen molar-refractivity contribution in [1.82, 2.24) is 4.90 Å². The number of ether oxygens (including phenoxy) is 1. The van der Waals surface area contributed by atoms with Crippen molar-refractivity contribution in [3.63, 3.8) is 0 Å². The number of carbonyl (C=O) groups is 2. The molecule has 2 atom stereocenters. The standard InChI is InChI=1S/C18H25NO3/c1-4-15(10-13(2)3)17(20)19-16(12-22-18(19)21)11-14-8-6-5-7-9-14/h5-9,13,15-16H,4,10-12H2,1-3H3/t15-,16?/m0/s1. The van der Waals surface area contributed by atoms with Crippen LogP contribution < -0.4 is 0 Å². The van der Waals surface area contributed by atoms with Crippen LogP contribution in [0.1, 0.15) is 39.2 Å².